The van der Waals surface area contributed by atoms with Gasteiger partial charge in [0.15, 0.2) is 0 Å². The van der Waals surface area contributed by atoms with Crippen molar-refractivity contribution in [3.8, 4) is 21.9 Å². The Labute approximate surface area is 267 Å². The van der Waals surface area contributed by atoms with Crippen LogP contribution in [0.15, 0.2) is 65.1 Å². The lowest BCUT2D eigenvalue weighted by Crippen LogP contribution is -2.26. The zero-order chi connectivity index (χ0) is 31.5. The normalized spacial score (nSPS) is 18.8. The zero-order valence-corrected chi connectivity index (χ0v) is 25.7. The summed E-state index contributed by atoms with van der Waals surface area (Å²) in [6.07, 6.45) is 1.66. The van der Waals surface area contributed by atoms with Crippen molar-refractivity contribution in [3.05, 3.63) is 111 Å². The standard InChI is InChI=1S/C35H29F2N5O3S/c1-18-40-41-34(45-18)29-25(17-23(37)20-8-11-21(36)12-9-20)38-32-26-7-4-16-42(26)35(44)31(32)30(29)27-14-15-28(46-27)33(43)39-24-13-10-19-5-2-3-6-22(19)24/h2-3,5-6,8-9,11-12,14-15,23-24,26H,4,7,10,13,16-17H2,1H3,(H,39,43)/t23-,24+,26+/m0/s1. The van der Waals surface area contributed by atoms with Crippen molar-refractivity contribution < 1.29 is 22.8 Å². The Bertz CT molecular complexity index is 2010. The monoisotopic (exact) mass is 637 g/mol. The molecule has 3 aromatic heterocycles. The van der Waals surface area contributed by atoms with Gasteiger partial charge in [-0.05, 0) is 66.6 Å². The Hall–Kier alpha value is -4.77. The van der Waals surface area contributed by atoms with E-state index in [2.05, 4.69) is 27.6 Å². The van der Waals surface area contributed by atoms with Crippen LogP contribution in [0.1, 0.15) is 91.5 Å². The molecule has 8 nitrogen and oxygen atoms in total. The second kappa shape index (κ2) is 11.2. The van der Waals surface area contributed by atoms with Crippen molar-refractivity contribution >= 4 is 23.2 Å². The van der Waals surface area contributed by atoms with Crippen LogP contribution in [0.5, 0.6) is 0 Å². The van der Waals surface area contributed by atoms with Gasteiger partial charge in [-0.25, -0.2) is 8.78 Å². The second-order valence-corrected chi connectivity index (χ2v) is 13.1. The first-order valence-electron chi connectivity index (χ1n) is 15.4. The number of rotatable bonds is 7. The molecule has 232 valence electrons. The van der Waals surface area contributed by atoms with E-state index < -0.39 is 12.0 Å². The van der Waals surface area contributed by atoms with E-state index in [1.165, 1.54) is 41.2 Å². The molecule has 11 heteroatoms. The van der Waals surface area contributed by atoms with E-state index in [0.717, 1.165) is 31.2 Å². The fourth-order valence-corrected chi connectivity index (χ4v) is 8.03. The van der Waals surface area contributed by atoms with E-state index in [9.17, 15) is 14.0 Å². The topological polar surface area (TPSA) is 101 Å². The van der Waals surface area contributed by atoms with Crippen LogP contribution in [-0.4, -0.2) is 38.4 Å². The number of carbonyl (C=O) groups is 2. The van der Waals surface area contributed by atoms with Gasteiger partial charge in [0, 0.05) is 30.3 Å². The molecule has 1 N–H and O–H groups in total. The molecule has 5 aromatic rings. The molecule has 8 rings (SSSR count). The Morgan fingerprint density at radius 1 is 1.07 bits per heavy atom. The van der Waals surface area contributed by atoms with Crippen LogP contribution in [0, 0.1) is 12.7 Å². The quantitative estimate of drug-likeness (QED) is 0.202. The molecule has 2 aromatic carbocycles. The predicted molar refractivity (Wildman–Crippen MR) is 168 cm³/mol. The SMILES string of the molecule is Cc1nnc(-c2c(C[C@H](F)c3ccc(F)cc3)nc3c(c2-c2ccc(C(=O)N[C@@H]4CCc5ccccc54)s2)C(=O)N2CCC[C@H]32)o1. The molecule has 46 heavy (non-hydrogen) atoms. The molecule has 0 radical (unpaired) electrons. The third-order valence-electron chi connectivity index (χ3n) is 9.20. The Morgan fingerprint density at radius 2 is 1.89 bits per heavy atom. The van der Waals surface area contributed by atoms with Gasteiger partial charge < -0.3 is 14.6 Å². The molecule has 3 aliphatic rings. The first-order chi connectivity index (χ1) is 22.4. The Morgan fingerprint density at radius 3 is 2.70 bits per heavy atom. The minimum absolute atomic E-state index is 0.0790. The lowest BCUT2D eigenvalue weighted by molar-refractivity contribution is 0.0776. The minimum Gasteiger partial charge on any atom is -0.421 e. The molecule has 2 aliphatic heterocycles. The average Bonchev–Trinajstić information content (AvgIpc) is 3.89. The van der Waals surface area contributed by atoms with E-state index in [-0.39, 0.29) is 36.2 Å². The first-order valence-corrected chi connectivity index (χ1v) is 16.2. The van der Waals surface area contributed by atoms with Crippen molar-refractivity contribution in [3.63, 3.8) is 0 Å². The second-order valence-electron chi connectivity index (χ2n) is 12.0. The minimum atomic E-state index is -1.52. The van der Waals surface area contributed by atoms with E-state index in [1.807, 2.05) is 23.1 Å². The van der Waals surface area contributed by atoms with E-state index in [1.54, 1.807) is 13.0 Å². The van der Waals surface area contributed by atoms with Gasteiger partial charge in [0.05, 0.1) is 39.5 Å². The Balaban J connectivity index is 1.24. The number of hydrogen-bond donors (Lipinski definition) is 1. The van der Waals surface area contributed by atoms with Crippen molar-refractivity contribution in [1.29, 1.82) is 0 Å². The van der Waals surface area contributed by atoms with Crippen molar-refractivity contribution in [2.75, 3.05) is 6.54 Å². The molecule has 0 saturated carbocycles. The Kier molecular flexibility index (Phi) is 7.01. The largest absolute Gasteiger partial charge is 0.421 e. The summed E-state index contributed by atoms with van der Waals surface area (Å²) in [6, 6.07) is 16.7. The first kappa shape index (κ1) is 28.7. The van der Waals surface area contributed by atoms with Gasteiger partial charge in [0.1, 0.15) is 12.0 Å². The summed E-state index contributed by atoms with van der Waals surface area (Å²) in [6.45, 7) is 2.26. The highest BCUT2D eigenvalue weighted by Crippen LogP contribution is 2.49. The predicted octanol–water partition coefficient (Wildman–Crippen LogP) is 7.27. The molecule has 1 saturated heterocycles. The number of aromatic nitrogens is 3. The smallest absolute Gasteiger partial charge is 0.261 e. The summed E-state index contributed by atoms with van der Waals surface area (Å²) >= 11 is 1.26. The molecule has 0 bridgehead atoms. The van der Waals surface area contributed by atoms with Crippen LogP contribution in [0.2, 0.25) is 0 Å². The van der Waals surface area contributed by atoms with Gasteiger partial charge >= 0.3 is 0 Å². The number of hydrogen-bond acceptors (Lipinski definition) is 7. The van der Waals surface area contributed by atoms with Crippen molar-refractivity contribution in [2.24, 2.45) is 0 Å². The summed E-state index contributed by atoms with van der Waals surface area (Å²) < 4.78 is 35.5. The van der Waals surface area contributed by atoms with Gasteiger partial charge in [-0.3, -0.25) is 14.6 Å². The van der Waals surface area contributed by atoms with E-state index >= 15 is 4.39 Å². The van der Waals surface area contributed by atoms with Crippen LogP contribution < -0.4 is 5.32 Å². The molecular weight excluding hydrogens is 608 g/mol. The number of pyridine rings is 1. The number of nitrogens with zero attached hydrogens (tertiary/aromatic N) is 4. The fourth-order valence-electron chi connectivity index (χ4n) is 7.06. The van der Waals surface area contributed by atoms with Gasteiger partial charge in [-0.15, -0.1) is 21.5 Å². The molecule has 3 atom stereocenters. The molecule has 1 aliphatic carbocycles. The van der Waals surface area contributed by atoms with Crippen LogP contribution in [0.4, 0.5) is 8.78 Å². The average molecular weight is 638 g/mol. The highest BCUT2D eigenvalue weighted by atomic mass is 32.1. The van der Waals surface area contributed by atoms with Crippen LogP contribution in [0.3, 0.4) is 0 Å². The number of nitrogens with one attached hydrogen (secondary N) is 1. The summed E-state index contributed by atoms with van der Waals surface area (Å²) in [4.78, 5) is 35.4. The number of amides is 2. The number of fused-ring (bicyclic) bond motifs is 4. The van der Waals surface area contributed by atoms with E-state index in [4.69, 9.17) is 9.40 Å². The lowest BCUT2D eigenvalue weighted by Gasteiger charge is -2.17. The molecule has 0 spiro atoms. The lowest BCUT2D eigenvalue weighted by atomic mass is 9.92. The third-order valence-corrected chi connectivity index (χ3v) is 10.3. The zero-order valence-electron chi connectivity index (χ0n) is 24.9. The van der Waals surface area contributed by atoms with Gasteiger partial charge in [0.2, 0.25) is 11.8 Å². The molecule has 1 fully saturated rings. The van der Waals surface area contributed by atoms with Crippen molar-refractivity contribution in [1.82, 2.24) is 25.4 Å². The number of aryl methyl sites for hydroxylation is 2. The maximum absolute atomic E-state index is 15.9. The molecular formula is C35H29F2N5O3S. The maximum atomic E-state index is 15.9. The maximum Gasteiger partial charge on any atom is 0.261 e. The molecule has 2 amide bonds. The van der Waals surface area contributed by atoms with Gasteiger partial charge in [0.25, 0.3) is 11.8 Å². The highest BCUT2D eigenvalue weighted by Gasteiger charge is 2.45. The number of alkyl halides is 1. The number of thiophene rings is 1. The van der Waals surface area contributed by atoms with Gasteiger partial charge in [-0.2, -0.15) is 0 Å². The third kappa shape index (κ3) is 4.81. The summed E-state index contributed by atoms with van der Waals surface area (Å²) in [5, 5.41) is 11.5. The van der Waals surface area contributed by atoms with Gasteiger partial charge in [-0.1, -0.05) is 36.4 Å². The molecule has 5 heterocycles. The summed E-state index contributed by atoms with van der Waals surface area (Å²) in [5.41, 5.74) is 4.95. The van der Waals surface area contributed by atoms with Crippen LogP contribution >= 0.6 is 11.3 Å². The van der Waals surface area contributed by atoms with Crippen LogP contribution in [0.25, 0.3) is 21.9 Å². The van der Waals surface area contributed by atoms with Crippen LogP contribution in [-0.2, 0) is 12.8 Å². The highest BCUT2D eigenvalue weighted by molar-refractivity contribution is 7.17. The summed E-state index contributed by atoms with van der Waals surface area (Å²) in [7, 11) is 0. The number of carbonyl (C=O) groups excluding carboxylic acids is 2. The number of halogens is 2. The number of benzene rings is 2. The summed E-state index contributed by atoms with van der Waals surface area (Å²) in [5.74, 6) is -0.387. The molecule has 0 unspecified atom stereocenters. The fraction of sp³-hybridized carbons (Fsp3) is 0.286. The van der Waals surface area contributed by atoms with Crippen molar-refractivity contribution in [2.45, 2.75) is 57.3 Å². The van der Waals surface area contributed by atoms with E-state index in [0.29, 0.717) is 55.8 Å².